The number of rotatable bonds is 6. The van der Waals surface area contributed by atoms with Crippen molar-refractivity contribution in [3.05, 3.63) is 87.6 Å². The van der Waals surface area contributed by atoms with Crippen molar-refractivity contribution in [1.82, 2.24) is 0 Å². The summed E-state index contributed by atoms with van der Waals surface area (Å²) in [6.45, 7) is 7.73. The second kappa shape index (κ2) is 10.1. The van der Waals surface area contributed by atoms with Crippen molar-refractivity contribution in [1.29, 1.82) is 5.26 Å². The van der Waals surface area contributed by atoms with Crippen LogP contribution in [0.4, 0.5) is 5.69 Å². The van der Waals surface area contributed by atoms with Gasteiger partial charge in [0.1, 0.15) is 11.6 Å². The normalized spacial score (nSPS) is 20.0. The highest BCUT2D eigenvalue weighted by Crippen LogP contribution is 2.51. The number of hydrogen-bond acceptors (Lipinski definition) is 3. The van der Waals surface area contributed by atoms with Crippen LogP contribution in [-0.4, -0.2) is 17.6 Å². The third-order valence-corrected chi connectivity index (χ3v) is 7.54. The average Bonchev–Trinajstić information content (AvgIpc) is 3.06. The van der Waals surface area contributed by atoms with Crippen molar-refractivity contribution in [2.45, 2.75) is 58.3 Å². The molecule has 2 aromatic carbocycles. The van der Waals surface area contributed by atoms with Crippen molar-refractivity contribution in [3.8, 4) is 6.07 Å². The van der Waals surface area contributed by atoms with Gasteiger partial charge in [0, 0.05) is 28.4 Å². The minimum Gasteiger partial charge on any atom is -0.477 e. The fourth-order valence-electron chi connectivity index (χ4n) is 5.28. The Bertz CT molecular complexity index is 1340. The van der Waals surface area contributed by atoms with Gasteiger partial charge >= 0.3 is 5.97 Å². The van der Waals surface area contributed by atoms with Crippen molar-refractivity contribution in [2.75, 3.05) is 11.4 Å². The van der Waals surface area contributed by atoms with Gasteiger partial charge in [-0.1, -0.05) is 75.2 Å². The van der Waals surface area contributed by atoms with Gasteiger partial charge in [0.15, 0.2) is 0 Å². The lowest BCUT2D eigenvalue weighted by Gasteiger charge is -2.27. The maximum absolute atomic E-state index is 11.3. The molecular formula is C30H31ClN2O2. The number of nitrogens with zero attached hydrogens (tertiary/aromatic N) is 2. The SMILES string of the molecule is CCCCN1/C(=C/C=C2\CCCC(/C=C(\C#N)C(=O)O)=C2Cl)C(C)(C)c2c1ccc1ccccc21. The monoisotopic (exact) mass is 486 g/mol. The summed E-state index contributed by atoms with van der Waals surface area (Å²) in [6, 6.07) is 14.8. The van der Waals surface area contributed by atoms with E-state index in [2.05, 4.69) is 74.2 Å². The molecule has 35 heavy (non-hydrogen) atoms. The number of unbranched alkanes of at least 4 members (excludes halogenated alkanes) is 1. The Kier molecular flexibility index (Phi) is 7.19. The molecule has 1 aliphatic heterocycles. The molecule has 0 unspecified atom stereocenters. The van der Waals surface area contributed by atoms with E-state index in [1.165, 1.54) is 33.8 Å². The molecule has 1 heterocycles. The van der Waals surface area contributed by atoms with E-state index in [-0.39, 0.29) is 11.0 Å². The highest BCUT2D eigenvalue weighted by molar-refractivity contribution is 6.32. The molecular weight excluding hydrogens is 456 g/mol. The fraction of sp³-hybridized carbons (Fsp3) is 0.333. The van der Waals surface area contributed by atoms with Crippen LogP contribution < -0.4 is 4.90 Å². The Labute approximate surface area is 212 Å². The smallest absolute Gasteiger partial charge is 0.346 e. The third-order valence-electron chi connectivity index (χ3n) is 7.06. The minimum atomic E-state index is -1.23. The summed E-state index contributed by atoms with van der Waals surface area (Å²) in [5.41, 5.74) is 5.07. The molecule has 4 rings (SSSR count). The van der Waals surface area contributed by atoms with Crippen molar-refractivity contribution < 1.29 is 9.90 Å². The van der Waals surface area contributed by atoms with Gasteiger partial charge in [0.05, 0.1) is 0 Å². The number of halogens is 1. The van der Waals surface area contributed by atoms with Crippen LogP contribution in [0.5, 0.6) is 0 Å². The lowest BCUT2D eigenvalue weighted by Crippen LogP contribution is -2.27. The van der Waals surface area contributed by atoms with E-state index in [1.807, 2.05) is 0 Å². The van der Waals surface area contributed by atoms with Gasteiger partial charge in [-0.2, -0.15) is 5.26 Å². The number of nitriles is 1. The van der Waals surface area contributed by atoms with Gasteiger partial charge in [-0.15, -0.1) is 0 Å². The number of carboxylic acid groups (broad SMARTS) is 1. The van der Waals surface area contributed by atoms with Gasteiger partial charge in [-0.3, -0.25) is 0 Å². The molecule has 2 aliphatic rings. The van der Waals surface area contributed by atoms with E-state index >= 15 is 0 Å². The zero-order chi connectivity index (χ0) is 25.2. The molecule has 0 amide bonds. The molecule has 5 heteroatoms. The maximum atomic E-state index is 11.3. The van der Waals surface area contributed by atoms with Gasteiger partial charge < -0.3 is 10.0 Å². The van der Waals surface area contributed by atoms with E-state index < -0.39 is 5.97 Å². The molecule has 0 bridgehead atoms. The topological polar surface area (TPSA) is 64.3 Å². The first kappa shape index (κ1) is 24.8. The van der Waals surface area contributed by atoms with Crippen LogP contribution in [0.15, 0.2) is 82.1 Å². The first-order chi connectivity index (χ1) is 16.8. The van der Waals surface area contributed by atoms with E-state index in [0.29, 0.717) is 17.0 Å². The van der Waals surface area contributed by atoms with Crippen molar-refractivity contribution in [2.24, 2.45) is 0 Å². The molecule has 2 aromatic rings. The molecule has 180 valence electrons. The summed E-state index contributed by atoms with van der Waals surface area (Å²) in [6.07, 6.45) is 10.3. The molecule has 0 fully saturated rings. The van der Waals surface area contributed by atoms with Gasteiger partial charge in [0.2, 0.25) is 0 Å². The van der Waals surface area contributed by atoms with Gasteiger partial charge in [-0.25, -0.2) is 4.79 Å². The first-order valence-electron chi connectivity index (χ1n) is 12.2. The number of fused-ring (bicyclic) bond motifs is 3. The number of benzene rings is 2. The van der Waals surface area contributed by atoms with Crippen LogP contribution in [0.3, 0.4) is 0 Å². The minimum absolute atomic E-state index is 0.189. The standard InChI is InChI=1S/C30H31ClN2O2/c1-4-5-17-33-25-15-13-20-9-6-7-12-24(20)27(25)30(2,3)26(33)16-14-21-10-8-11-22(28(21)31)18-23(19-32)29(34)35/h6-7,9,12-16,18H,4-5,8,10-11,17H2,1-3H3,(H,34,35)/b21-14+,23-18+,26-16+. The molecule has 4 nitrogen and oxygen atoms in total. The number of carbonyl (C=O) groups is 1. The van der Waals surface area contributed by atoms with Crippen LogP contribution in [0, 0.1) is 11.3 Å². The average molecular weight is 487 g/mol. The number of carboxylic acids is 1. The summed E-state index contributed by atoms with van der Waals surface area (Å²) in [5.74, 6) is -1.23. The quantitative estimate of drug-likeness (QED) is 0.334. The molecule has 0 aromatic heterocycles. The molecule has 1 N–H and O–H groups in total. The van der Waals surface area contributed by atoms with E-state index in [1.54, 1.807) is 6.07 Å². The number of allylic oxidation sites excluding steroid dienone is 7. The molecule has 0 radical (unpaired) electrons. The van der Waals surface area contributed by atoms with Gasteiger partial charge in [0.25, 0.3) is 0 Å². The van der Waals surface area contributed by atoms with Crippen LogP contribution in [0.1, 0.15) is 58.4 Å². The molecule has 0 saturated heterocycles. The van der Waals surface area contributed by atoms with Crippen LogP contribution in [0.2, 0.25) is 0 Å². The van der Waals surface area contributed by atoms with E-state index in [9.17, 15) is 9.90 Å². The van der Waals surface area contributed by atoms with Crippen LogP contribution in [-0.2, 0) is 10.2 Å². The number of aliphatic carboxylic acids is 1. The lowest BCUT2D eigenvalue weighted by atomic mass is 9.81. The predicted molar refractivity (Wildman–Crippen MR) is 143 cm³/mol. The Hall–Kier alpha value is -3.29. The second-order valence-electron chi connectivity index (χ2n) is 9.72. The number of anilines is 1. The zero-order valence-electron chi connectivity index (χ0n) is 20.6. The lowest BCUT2D eigenvalue weighted by molar-refractivity contribution is -0.132. The predicted octanol–water partition coefficient (Wildman–Crippen LogP) is 7.76. The zero-order valence-corrected chi connectivity index (χ0v) is 21.3. The second-order valence-corrected chi connectivity index (χ2v) is 10.1. The Morgan fingerprint density at radius 1 is 1.20 bits per heavy atom. The Morgan fingerprint density at radius 2 is 1.97 bits per heavy atom. The Balaban J connectivity index is 1.81. The maximum Gasteiger partial charge on any atom is 0.346 e. The summed E-state index contributed by atoms with van der Waals surface area (Å²) in [5, 5.41) is 21.5. The Morgan fingerprint density at radius 3 is 2.69 bits per heavy atom. The number of hydrogen-bond donors (Lipinski definition) is 1. The molecule has 0 spiro atoms. The summed E-state index contributed by atoms with van der Waals surface area (Å²) >= 11 is 6.72. The third kappa shape index (κ3) is 4.66. The van der Waals surface area contributed by atoms with E-state index in [0.717, 1.165) is 37.8 Å². The van der Waals surface area contributed by atoms with Gasteiger partial charge in [-0.05, 0) is 71.4 Å². The van der Waals surface area contributed by atoms with E-state index in [4.69, 9.17) is 16.9 Å². The first-order valence-corrected chi connectivity index (χ1v) is 12.6. The van der Waals surface area contributed by atoms with Crippen molar-refractivity contribution >= 4 is 34.0 Å². The molecule has 1 aliphatic carbocycles. The summed E-state index contributed by atoms with van der Waals surface area (Å²) in [7, 11) is 0. The summed E-state index contributed by atoms with van der Waals surface area (Å²) < 4.78 is 0. The van der Waals surface area contributed by atoms with Crippen LogP contribution in [0.25, 0.3) is 10.8 Å². The molecule has 0 atom stereocenters. The molecule has 0 saturated carbocycles. The van der Waals surface area contributed by atoms with Crippen molar-refractivity contribution in [3.63, 3.8) is 0 Å². The summed E-state index contributed by atoms with van der Waals surface area (Å²) in [4.78, 5) is 13.7. The van der Waals surface area contributed by atoms with Crippen LogP contribution >= 0.6 is 11.6 Å². The highest BCUT2D eigenvalue weighted by atomic mass is 35.5. The largest absolute Gasteiger partial charge is 0.477 e. The fourth-order valence-corrected chi connectivity index (χ4v) is 5.58. The highest BCUT2D eigenvalue weighted by Gasteiger charge is 2.40.